The van der Waals surface area contributed by atoms with Crippen LogP contribution in [0.5, 0.6) is 0 Å². The summed E-state index contributed by atoms with van der Waals surface area (Å²) in [5.74, 6) is -2.13. The number of aliphatic hydroxyl groups is 1. The summed E-state index contributed by atoms with van der Waals surface area (Å²) in [5.41, 5.74) is -0.757. The van der Waals surface area contributed by atoms with Crippen molar-refractivity contribution in [2.75, 3.05) is 0 Å². The SMILES string of the molecule is O=C(O)C1=C(O)c2ccc3ccccc3c2S(=O)(=O)N1. The second kappa shape index (κ2) is 3.97. The topological polar surface area (TPSA) is 104 Å². The minimum atomic E-state index is -4.04. The third-order valence-corrected chi connectivity index (χ3v) is 4.54. The number of sulfonamides is 1. The summed E-state index contributed by atoms with van der Waals surface area (Å²) in [6.07, 6.45) is 0. The van der Waals surface area contributed by atoms with Crippen LogP contribution in [0.15, 0.2) is 47.0 Å². The van der Waals surface area contributed by atoms with Crippen LogP contribution in [-0.2, 0) is 14.8 Å². The number of benzene rings is 2. The number of hydrogen-bond acceptors (Lipinski definition) is 4. The van der Waals surface area contributed by atoms with Crippen LogP contribution in [0.1, 0.15) is 5.56 Å². The fourth-order valence-corrected chi connectivity index (χ4v) is 3.72. The molecule has 0 aliphatic carbocycles. The number of carboxylic acid groups (broad SMARTS) is 1. The molecular formula is C13H9NO5S. The van der Waals surface area contributed by atoms with Gasteiger partial charge in [0.2, 0.25) is 0 Å². The Labute approximate surface area is 114 Å². The first kappa shape index (κ1) is 12.5. The summed E-state index contributed by atoms with van der Waals surface area (Å²) in [6.45, 7) is 0. The Kier molecular flexibility index (Phi) is 2.48. The standard InChI is InChI=1S/C13H9NO5S/c15-11-9-6-5-7-3-1-2-4-8(7)12(9)20(18,19)14-10(11)13(16)17/h1-6,14-15H,(H,16,17). The Morgan fingerprint density at radius 3 is 2.50 bits per heavy atom. The number of nitrogens with one attached hydrogen (secondary N) is 1. The first-order valence-electron chi connectivity index (χ1n) is 5.63. The van der Waals surface area contributed by atoms with Crippen molar-refractivity contribution < 1.29 is 23.4 Å². The molecule has 102 valence electrons. The molecule has 3 N–H and O–H groups in total. The van der Waals surface area contributed by atoms with Gasteiger partial charge in [-0.1, -0.05) is 30.3 Å². The van der Waals surface area contributed by atoms with Crippen molar-refractivity contribution in [1.29, 1.82) is 0 Å². The van der Waals surface area contributed by atoms with Gasteiger partial charge in [-0.2, -0.15) is 0 Å². The summed E-state index contributed by atoms with van der Waals surface area (Å²) < 4.78 is 26.3. The molecule has 0 saturated carbocycles. The molecule has 0 saturated heterocycles. The Bertz CT molecular complexity index is 883. The van der Waals surface area contributed by atoms with Crippen molar-refractivity contribution in [1.82, 2.24) is 4.72 Å². The third-order valence-electron chi connectivity index (χ3n) is 3.09. The second-order valence-corrected chi connectivity index (χ2v) is 5.92. The van der Waals surface area contributed by atoms with Crippen LogP contribution < -0.4 is 4.72 Å². The van der Waals surface area contributed by atoms with Crippen molar-refractivity contribution in [2.24, 2.45) is 0 Å². The lowest BCUT2D eigenvalue weighted by Gasteiger charge is -2.20. The normalized spacial score (nSPS) is 16.6. The smallest absolute Gasteiger partial charge is 0.356 e. The van der Waals surface area contributed by atoms with Crippen molar-refractivity contribution in [2.45, 2.75) is 4.90 Å². The van der Waals surface area contributed by atoms with Gasteiger partial charge in [0, 0.05) is 10.9 Å². The maximum atomic E-state index is 12.2. The highest BCUT2D eigenvalue weighted by atomic mass is 32.2. The number of fused-ring (bicyclic) bond motifs is 3. The van der Waals surface area contributed by atoms with E-state index in [1.54, 1.807) is 30.3 Å². The zero-order chi connectivity index (χ0) is 14.5. The van der Waals surface area contributed by atoms with E-state index in [4.69, 9.17) is 5.11 Å². The lowest BCUT2D eigenvalue weighted by molar-refractivity contribution is -0.132. The zero-order valence-electron chi connectivity index (χ0n) is 9.99. The van der Waals surface area contributed by atoms with Gasteiger partial charge in [-0.15, -0.1) is 0 Å². The van der Waals surface area contributed by atoms with Crippen molar-refractivity contribution in [3.8, 4) is 0 Å². The average Bonchev–Trinajstić information content (AvgIpc) is 2.41. The lowest BCUT2D eigenvalue weighted by Crippen LogP contribution is -2.33. The minimum absolute atomic E-state index is 0.0140. The minimum Gasteiger partial charge on any atom is -0.505 e. The summed E-state index contributed by atoms with van der Waals surface area (Å²) in [5, 5.41) is 20.0. The first-order chi connectivity index (χ1) is 9.42. The molecule has 20 heavy (non-hydrogen) atoms. The van der Waals surface area contributed by atoms with Crippen LogP contribution in [0.25, 0.3) is 16.5 Å². The van der Waals surface area contributed by atoms with Crippen LogP contribution in [0.4, 0.5) is 0 Å². The fraction of sp³-hybridized carbons (Fsp3) is 0. The van der Waals surface area contributed by atoms with E-state index in [-0.39, 0.29) is 10.5 Å². The molecule has 0 bridgehead atoms. The van der Waals surface area contributed by atoms with Gasteiger partial charge in [-0.3, -0.25) is 4.72 Å². The molecule has 6 nitrogen and oxygen atoms in total. The van der Waals surface area contributed by atoms with Crippen LogP contribution in [-0.4, -0.2) is 24.6 Å². The van der Waals surface area contributed by atoms with Gasteiger partial charge < -0.3 is 10.2 Å². The molecule has 0 aromatic heterocycles. The van der Waals surface area contributed by atoms with Crippen molar-refractivity contribution >= 4 is 32.5 Å². The van der Waals surface area contributed by atoms with E-state index < -0.39 is 27.4 Å². The molecule has 3 rings (SSSR count). The van der Waals surface area contributed by atoms with Gasteiger partial charge in [0.05, 0.1) is 0 Å². The molecule has 7 heteroatoms. The Balaban J connectivity index is 2.49. The number of aliphatic hydroxyl groups excluding tert-OH is 1. The summed E-state index contributed by atoms with van der Waals surface area (Å²) in [6, 6.07) is 9.80. The van der Waals surface area contributed by atoms with E-state index in [1.165, 1.54) is 6.07 Å². The monoisotopic (exact) mass is 291 g/mol. The first-order valence-corrected chi connectivity index (χ1v) is 7.11. The van der Waals surface area contributed by atoms with E-state index in [0.29, 0.717) is 10.8 Å². The van der Waals surface area contributed by atoms with Gasteiger partial charge >= 0.3 is 5.97 Å². The predicted molar refractivity (Wildman–Crippen MR) is 71.5 cm³/mol. The molecule has 0 unspecified atom stereocenters. The highest BCUT2D eigenvalue weighted by molar-refractivity contribution is 7.90. The van der Waals surface area contributed by atoms with E-state index in [0.717, 1.165) is 0 Å². The molecule has 2 aromatic carbocycles. The van der Waals surface area contributed by atoms with E-state index in [2.05, 4.69) is 0 Å². The summed E-state index contributed by atoms with van der Waals surface area (Å²) in [4.78, 5) is 10.9. The molecule has 0 atom stereocenters. The molecule has 1 heterocycles. The maximum Gasteiger partial charge on any atom is 0.356 e. The molecular weight excluding hydrogens is 282 g/mol. The van der Waals surface area contributed by atoms with E-state index in [9.17, 15) is 18.3 Å². The molecule has 2 aromatic rings. The fourth-order valence-electron chi connectivity index (χ4n) is 2.23. The van der Waals surface area contributed by atoms with E-state index >= 15 is 0 Å². The molecule has 0 fully saturated rings. The highest BCUT2D eigenvalue weighted by Crippen LogP contribution is 2.34. The molecule has 0 amide bonds. The Morgan fingerprint density at radius 1 is 1.10 bits per heavy atom. The van der Waals surface area contributed by atoms with Crippen LogP contribution >= 0.6 is 0 Å². The van der Waals surface area contributed by atoms with Gasteiger partial charge in [0.1, 0.15) is 4.90 Å². The zero-order valence-corrected chi connectivity index (χ0v) is 10.8. The van der Waals surface area contributed by atoms with Crippen LogP contribution in [0.3, 0.4) is 0 Å². The number of aliphatic carboxylic acids is 1. The Morgan fingerprint density at radius 2 is 1.80 bits per heavy atom. The van der Waals surface area contributed by atoms with Gasteiger partial charge in [0.15, 0.2) is 11.5 Å². The number of carboxylic acids is 1. The molecule has 1 aliphatic heterocycles. The number of hydrogen-bond donors (Lipinski definition) is 3. The summed E-state index contributed by atoms with van der Waals surface area (Å²) >= 11 is 0. The Hall–Kier alpha value is -2.54. The average molecular weight is 291 g/mol. The second-order valence-electron chi connectivity index (χ2n) is 4.30. The maximum absolute atomic E-state index is 12.2. The third kappa shape index (κ3) is 1.64. The highest BCUT2D eigenvalue weighted by Gasteiger charge is 2.34. The number of rotatable bonds is 1. The molecule has 0 spiro atoms. The number of carbonyl (C=O) groups is 1. The van der Waals surface area contributed by atoms with Crippen LogP contribution in [0.2, 0.25) is 0 Å². The predicted octanol–water partition coefficient (Wildman–Crippen LogP) is 1.44. The van der Waals surface area contributed by atoms with Gasteiger partial charge in [0.25, 0.3) is 10.0 Å². The van der Waals surface area contributed by atoms with Crippen LogP contribution in [0, 0.1) is 0 Å². The molecule has 0 radical (unpaired) electrons. The van der Waals surface area contributed by atoms with Gasteiger partial charge in [-0.25, -0.2) is 13.2 Å². The van der Waals surface area contributed by atoms with Gasteiger partial charge in [-0.05, 0) is 11.5 Å². The summed E-state index contributed by atoms with van der Waals surface area (Å²) in [7, 11) is -4.04. The lowest BCUT2D eigenvalue weighted by atomic mass is 10.0. The quantitative estimate of drug-likeness (QED) is 0.737. The largest absolute Gasteiger partial charge is 0.505 e. The molecule has 1 aliphatic rings. The van der Waals surface area contributed by atoms with Crippen molar-refractivity contribution in [3.05, 3.63) is 47.7 Å². The van der Waals surface area contributed by atoms with E-state index in [1.807, 2.05) is 4.72 Å². The van der Waals surface area contributed by atoms with Crippen molar-refractivity contribution in [3.63, 3.8) is 0 Å².